The van der Waals surface area contributed by atoms with E-state index < -0.39 is 13.2 Å². The molecule has 0 atom stereocenters. The Morgan fingerprint density at radius 2 is 1.32 bits per heavy atom. The lowest BCUT2D eigenvalue weighted by Crippen LogP contribution is -2.03. The fourth-order valence-electron chi connectivity index (χ4n) is 5.96. The molecule has 0 N–H and O–H groups in total. The van der Waals surface area contributed by atoms with Gasteiger partial charge in [0.25, 0.3) is 0 Å². The number of para-hydroxylation sites is 2. The second kappa shape index (κ2) is 8.27. The minimum absolute atomic E-state index is 0.136. The standard InChI is InChI=1S/C35H24N2S/c1-2-32-36-28-18-8-9-19-29(28)37(32)35-24-14-5-3-12-22(24)33(23-13-4-6-15-25(23)35)27-17-11-21-31-34(27)26-16-7-10-20-30(26)38-31/h3-21H,2H2,1H3/i1D3,2D2. The maximum atomic E-state index is 8.81. The number of hydrogen-bond acceptors (Lipinski definition) is 2. The van der Waals surface area contributed by atoms with E-state index in [1.807, 2.05) is 54.6 Å². The van der Waals surface area contributed by atoms with E-state index in [0.717, 1.165) is 32.7 Å². The zero-order chi connectivity index (χ0) is 29.5. The Labute approximate surface area is 231 Å². The number of aryl methyl sites for hydroxylation is 1. The summed E-state index contributed by atoms with van der Waals surface area (Å²) in [5.41, 5.74) is 4.13. The van der Waals surface area contributed by atoms with Crippen molar-refractivity contribution in [1.82, 2.24) is 9.55 Å². The minimum atomic E-state index is -2.92. The molecule has 8 aromatic rings. The maximum Gasteiger partial charge on any atom is 0.114 e. The first-order chi connectivity index (χ1) is 20.8. The summed E-state index contributed by atoms with van der Waals surface area (Å²) < 4.78 is 46.1. The first kappa shape index (κ1) is 17.1. The third-order valence-corrected chi connectivity index (χ3v) is 8.61. The van der Waals surface area contributed by atoms with E-state index in [1.54, 1.807) is 22.0 Å². The largest absolute Gasteiger partial charge is 0.295 e. The van der Waals surface area contributed by atoms with Gasteiger partial charge in [-0.1, -0.05) is 97.8 Å². The van der Waals surface area contributed by atoms with Crippen molar-refractivity contribution < 1.29 is 6.85 Å². The van der Waals surface area contributed by atoms with Gasteiger partial charge in [0.1, 0.15) is 5.82 Å². The first-order valence-corrected chi connectivity index (χ1v) is 13.4. The number of thiophene rings is 1. The predicted octanol–water partition coefficient (Wildman–Crippen LogP) is 9.93. The van der Waals surface area contributed by atoms with Crippen molar-refractivity contribution in [3.63, 3.8) is 0 Å². The van der Waals surface area contributed by atoms with Crippen molar-refractivity contribution >= 4 is 64.1 Å². The Morgan fingerprint density at radius 1 is 0.684 bits per heavy atom. The van der Waals surface area contributed by atoms with Crippen LogP contribution in [0.3, 0.4) is 0 Å². The van der Waals surface area contributed by atoms with E-state index in [-0.39, 0.29) is 5.82 Å². The summed E-state index contributed by atoms with van der Waals surface area (Å²) in [5.74, 6) is -0.136. The molecule has 3 heteroatoms. The van der Waals surface area contributed by atoms with Gasteiger partial charge < -0.3 is 0 Å². The number of aromatic nitrogens is 2. The van der Waals surface area contributed by atoms with Crippen LogP contribution in [0.1, 0.15) is 19.5 Å². The zero-order valence-corrected chi connectivity index (χ0v) is 21.1. The molecule has 38 heavy (non-hydrogen) atoms. The van der Waals surface area contributed by atoms with Crippen LogP contribution in [0.4, 0.5) is 0 Å². The molecule has 2 heterocycles. The quantitative estimate of drug-likeness (QED) is 0.217. The van der Waals surface area contributed by atoms with Gasteiger partial charge in [-0.2, -0.15) is 0 Å². The van der Waals surface area contributed by atoms with E-state index in [9.17, 15) is 0 Å². The Hall–Kier alpha value is -4.47. The van der Waals surface area contributed by atoms with Crippen LogP contribution < -0.4 is 0 Å². The summed E-state index contributed by atoms with van der Waals surface area (Å²) in [6, 6.07) is 38.6. The molecule has 2 aromatic heterocycles. The third kappa shape index (κ3) is 2.97. The number of imidazole rings is 1. The van der Waals surface area contributed by atoms with Gasteiger partial charge in [-0.25, -0.2) is 4.98 Å². The second-order valence-corrected chi connectivity index (χ2v) is 10.6. The summed E-state index contributed by atoms with van der Waals surface area (Å²) in [6.07, 6.45) is -2.70. The number of benzene rings is 6. The molecule has 0 unspecified atom stereocenters. The monoisotopic (exact) mass is 509 g/mol. The van der Waals surface area contributed by atoms with E-state index in [4.69, 9.17) is 6.85 Å². The molecular weight excluding hydrogens is 480 g/mol. The fourth-order valence-corrected chi connectivity index (χ4v) is 7.09. The lowest BCUT2D eigenvalue weighted by molar-refractivity contribution is 0.917. The van der Waals surface area contributed by atoms with Gasteiger partial charge >= 0.3 is 0 Å². The van der Waals surface area contributed by atoms with Gasteiger partial charge in [0.05, 0.1) is 16.7 Å². The summed E-state index contributed by atoms with van der Waals surface area (Å²) in [7, 11) is 0. The van der Waals surface area contributed by atoms with Crippen molar-refractivity contribution in [2.75, 3.05) is 0 Å². The highest BCUT2D eigenvalue weighted by Crippen LogP contribution is 2.46. The van der Waals surface area contributed by atoms with Gasteiger partial charge in [0, 0.05) is 44.2 Å². The summed E-state index contributed by atoms with van der Waals surface area (Å²) in [6.45, 7) is -2.92. The van der Waals surface area contributed by atoms with E-state index in [0.29, 0.717) is 16.7 Å². The van der Waals surface area contributed by atoms with Gasteiger partial charge in [-0.15, -0.1) is 11.3 Å². The SMILES string of the molecule is [2H]C([2H])([2H])C([2H])([2H])c1nc2ccccc2n1-c1c2ccccc2c(-c2cccc3sc4ccccc4c23)c2ccccc12. The van der Waals surface area contributed by atoms with Crippen LogP contribution in [0.15, 0.2) is 115 Å². The van der Waals surface area contributed by atoms with Crippen LogP contribution in [0.25, 0.3) is 69.6 Å². The van der Waals surface area contributed by atoms with E-state index in [2.05, 4.69) is 59.6 Å². The summed E-state index contributed by atoms with van der Waals surface area (Å²) in [5, 5.41) is 6.19. The molecule has 0 bridgehead atoms. The molecule has 0 aliphatic rings. The molecule has 0 amide bonds. The Balaban J connectivity index is 1.58. The van der Waals surface area contributed by atoms with Crippen molar-refractivity contribution in [3.05, 3.63) is 121 Å². The van der Waals surface area contributed by atoms with Gasteiger partial charge in [-0.3, -0.25) is 4.57 Å². The third-order valence-electron chi connectivity index (χ3n) is 7.47. The van der Waals surface area contributed by atoms with Crippen LogP contribution >= 0.6 is 11.3 Å². The summed E-state index contributed by atoms with van der Waals surface area (Å²) in [4.78, 5) is 4.62. The van der Waals surface area contributed by atoms with Crippen LogP contribution in [0, 0.1) is 0 Å². The van der Waals surface area contributed by atoms with Crippen LogP contribution in [-0.4, -0.2) is 9.55 Å². The Bertz CT molecular complexity index is 2330. The zero-order valence-electron chi connectivity index (χ0n) is 25.3. The van der Waals surface area contributed by atoms with Crippen LogP contribution in [0.5, 0.6) is 0 Å². The molecule has 6 aromatic carbocycles. The first-order valence-electron chi connectivity index (χ1n) is 15.1. The molecule has 0 saturated carbocycles. The van der Waals surface area contributed by atoms with Gasteiger partial charge in [0.15, 0.2) is 0 Å². The maximum absolute atomic E-state index is 8.81. The molecule has 0 aliphatic carbocycles. The highest BCUT2D eigenvalue weighted by molar-refractivity contribution is 7.25. The van der Waals surface area contributed by atoms with Crippen molar-refractivity contribution in [2.45, 2.75) is 13.2 Å². The second-order valence-electron chi connectivity index (χ2n) is 9.48. The molecule has 0 spiro atoms. The molecule has 8 rings (SSSR count). The normalized spacial score (nSPS) is 14.6. The molecule has 0 saturated heterocycles. The Morgan fingerprint density at radius 3 is 2.08 bits per heavy atom. The minimum Gasteiger partial charge on any atom is -0.295 e. The fraction of sp³-hybridized carbons (Fsp3) is 0.0571. The van der Waals surface area contributed by atoms with E-state index >= 15 is 0 Å². The molecule has 0 fully saturated rings. The highest BCUT2D eigenvalue weighted by Gasteiger charge is 2.21. The van der Waals surface area contributed by atoms with Crippen LogP contribution in [0.2, 0.25) is 0 Å². The number of nitrogens with zero attached hydrogens (tertiary/aromatic N) is 2. The predicted molar refractivity (Wildman–Crippen MR) is 164 cm³/mol. The smallest absolute Gasteiger partial charge is 0.114 e. The van der Waals surface area contributed by atoms with E-state index in [1.165, 1.54) is 20.2 Å². The van der Waals surface area contributed by atoms with Crippen LogP contribution in [-0.2, 0) is 6.37 Å². The highest BCUT2D eigenvalue weighted by atomic mass is 32.1. The van der Waals surface area contributed by atoms with Gasteiger partial charge in [0.2, 0.25) is 0 Å². The lowest BCUT2D eigenvalue weighted by Gasteiger charge is -2.20. The summed E-state index contributed by atoms with van der Waals surface area (Å²) >= 11 is 1.78. The molecule has 0 aliphatic heterocycles. The molecule has 2 nitrogen and oxygen atoms in total. The van der Waals surface area contributed by atoms with Gasteiger partial charge in [-0.05, 0) is 46.2 Å². The number of rotatable bonds is 3. The van der Waals surface area contributed by atoms with Crippen molar-refractivity contribution in [3.8, 4) is 16.8 Å². The molecule has 0 radical (unpaired) electrons. The van der Waals surface area contributed by atoms with Crippen molar-refractivity contribution in [2.24, 2.45) is 0 Å². The molecular formula is C35H24N2S. The average Bonchev–Trinajstić information content (AvgIpc) is 3.58. The number of hydrogen-bond donors (Lipinski definition) is 0. The average molecular weight is 510 g/mol. The lowest BCUT2D eigenvalue weighted by atomic mass is 9.88. The topological polar surface area (TPSA) is 17.8 Å². The number of fused-ring (bicyclic) bond motifs is 6. The Kier molecular flexibility index (Phi) is 3.73. The van der Waals surface area contributed by atoms with Crippen molar-refractivity contribution in [1.29, 1.82) is 0 Å². The molecule has 180 valence electrons.